The van der Waals surface area contributed by atoms with Crippen LogP contribution in [-0.4, -0.2) is 66.6 Å². The maximum atomic E-state index is 9.02. The standard InChI is InChI=1S/C25H30N6OS/c1-29(2)23-10-8-22(9-11-23)24-27-28-25(33-19-21-6-4-20(18-26)5-7-21)31(24)13-3-12-30-14-16-32-17-15-30/h4-11H,3,12-17,19H2,1-2H3. The Kier molecular flexibility index (Phi) is 8.00. The molecule has 0 bridgehead atoms. The van der Waals surface area contributed by atoms with Gasteiger partial charge in [-0.1, -0.05) is 23.9 Å². The van der Waals surface area contributed by atoms with Crippen molar-refractivity contribution in [3.8, 4) is 17.5 Å². The third kappa shape index (κ3) is 6.14. The first-order valence-electron chi connectivity index (χ1n) is 11.3. The van der Waals surface area contributed by atoms with Gasteiger partial charge in [-0.3, -0.25) is 4.90 Å². The van der Waals surface area contributed by atoms with E-state index in [0.29, 0.717) is 5.56 Å². The van der Waals surface area contributed by atoms with Gasteiger partial charge in [-0.05, 0) is 48.4 Å². The number of nitrogens with zero attached hydrogens (tertiary/aromatic N) is 6. The Morgan fingerprint density at radius 3 is 2.39 bits per heavy atom. The van der Waals surface area contributed by atoms with Crippen molar-refractivity contribution in [3.63, 3.8) is 0 Å². The van der Waals surface area contributed by atoms with Gasteiger partial charge in [-0.15, -0.1) is 10.2 Å². The van der Waals surface area contributed by atoms with E-state index in [1.165, 1.54) is 5.56 Å². The van der Waals surface area contributed by atoms with Crippen LogP contribution in [0.5, 0.6) is 0 Å². The molecule has 2 heterocycles. The summed E-state index contributed by atoms with van der Waals surface area (Å²) in [6, 6.07) is 18.4. The zero-order chi connectivity index (χ0) is 23.0. The molecule has 1 aliphatic heterocycles. The van der Waals surface area contributed by atoms with Crippen LogP contribution in [0.4, 0.5) is 5.69 Å². The highest BCUT2D eigenvalue weighted by Gasteiger charge is 2.16. The monoisotopic (exact) mass is 462 g/mol. The molecule has 0 amide bonds. The van der Waals surface area contributed by atoms with Crippen molar-refractivity contribution in [2.24, 2.45) is 0 Å². The first kappa shape index (κ1) is 23.3. The maximum Gasteiger partial charge on any atom is 0.191 e. The fourth-order valence-corrected chi connectivity index (χ4v) is 4.74. The number of thioether (sulfide) groups is 1. The van der Waals surface area contributed by atoms with Crippen molar-refractivity contribution >= 4 is 17.4 Å². The Bertz CT molecular complexity index is 1070. The summed E-state index contributed by atoms with van der Waals surface area (Å²) in [7, 11) is 4.09. The van der Waals surface area contributed by atoms with Crippen LogP contribution in [0.2, 0.25) is 0 Å². The van der Waals surface area contributed by atoms with Crippen LogP contribution in [0, 0.1) is 11.3 Å². The quantitative estimate of drug-likeness (QED) is 0.447. The number of rotatable bonds is 9. The highest BCUT2D eigenvalue weighted by atomic mass is 32.2. The molecule has 4 rings (SSSR count). The Labute approximate surface area is 200 Å². The summed E-state index contributed by atoms with van der Waals surface area (Å²) >= 11 is 1.69. The van der Waals surface area contributed by atoms with Crippen LogP contribution in [0.3, 0.4) is 0 Å². The molecule has 7 nitrogen and oxygen atoms in total. The minimum absolute atomic E-state index is 0.679. The van der Waals surface area contributed by atoms with Crippen molar-refractivity contribution < 1.29 is 4.74 Å². The van der Waals surface area contributed by atoms with Crippen LogP contribution in [-0.2, 0) is 17.0 Å². The van der Waals surface area contributed by atoms with Crippen molar-refractivity contribution in [3.05, 3.63) is 59.7 Å². The summed E-state index contributed by atoms with van der Waals surface area (Å²) in [6.45, 7) is 5.55. The summed E-state index contributed by atoms with van der Waals surface area (Å²) in [4.78, 5) is 4.55. The summed E-state index contributed by atoms with van der Waals surface area (Å²) in [5, 5.41) is 19.1. The van der Waals surface area contributed by atoms with E-state index >= 15 is 0 Å². The summed E-state index contributed by atoms with van der Waals surface area (Å²) in [6.07, 6.45) is 1.03. The molecule has 0 atom stereocenters. The first-order chi connectivity index (χ1) is 16.1. The Balaban J connectivity index is 1.50. The van der Waals surface area contributed by atoms with Crippen molar-refractivity contribution in [1.29, 1.82) is 5.26 Å². The fourth-order valence-electron chi connectivity index (χ4n) is 3.82. The van der Waals surface area contributed by atoms with E-state index in [2.05, 4.69) is 54.9 Å². The number of morpholine rings is 1. The molecule has 0 radical (unpaired) electrons. The van der Waals surface area contributed by atoms with Crippen LogP contribution in [0.15, 0.2) is 53.7 Å². The third-order valence-electron chi connectivity index (χ3n) is 5.77. The van der Waals surface area contributed by atoms with Gasteiger partial charge in [0.25, 0.3) is 0 Å². The minimum Gasteiger partial charge on any atom is -0.379 e. The predicted molar refractivity (Wildman–Crippen MR) is 132 cm³/mol. The van der Waals surface area contributed by atoms with Gasteiger partial charge in [-0.25, -0.2) is 0 Å². The lowest BCUT2D eigenvalue weighted by Gasteiger charge is -2.26. The smallest absolute Gasteiger partial charge is 0.191 e. The topological polar surface area (TPSA) is 70.2 Å². The molecular weight excluding hydrogens is 432 g/mol. The first-order valence-corrected chi connectivity index (χ1v) is 12.3. The van der Waals surface area contributed by atoms with Crippen molar-refractivity contribution in [2.75, 3.05) is 51.8 Å². The normalized spacial score (nSPS) is 14.2. The molecule has 0 N–H and O–H groups in total. The van der Waals surface area contributed by atoms with Crippen molar-refractivity contribution in [1.82, 2.24) is 19.7 Å². The zero-order valence-corrected chi connectivity index (χ0v) is 20.1. The second-order valence-corrected chi connectivity index (χ2v) is 9.25. The van der Waals surface area contributed by atoms with Gasteiger partial charge in [0.05, 0.1) is 24.8 Å². The SMILES string of the molecule is CN(C)c1ccc(-c2nnc(SCc3ccc(C#N)cc3)n2CCCN2CCOCC2)cc1. The number of aromatic nitrogens is 3. The molecule has 0 unspecified atom stereocenters. The molecule has 8 heteroatoms. The second-order valence-electron chi connectivity index (χ2n) is 8.30. The lowest BCUT2D eigenvalue weighted by Crippen LogP contribution is -2.37. The van der Waals surface area contributed by atoms with Crippen LogP contribution in [0.25, 0.3) is 11.4 Å². The number of hydrogen-bond donors (Lipinski definition) is 0. The zero-order valence-electron chi connectivity index (χ0n) is 19.3. The molecule has 1 aromatic heterocycles. The average Bonchev–Trinajstić information content (AvgIpc) is 3.26. The van der Waals surface area contributed by atoms with Gasteiger partial charge in [0.2, 0.25) is 0 Å². The summed E-state index contributed by atoms with van der Waals surface area (Å²) < 4.78 is 7.72. The van der Waals surface area contributed by atoms with Gasteiger partial charge in [-0.2, -0.15) is 5.26 Å². The molecule has 0 aliphatic carbocycles. The minimum atomic E-state index is 0.679. The Morgan fingerprint density at radius 2 is 1.73 bits per heavy atom. The number of benzene rings is 2. The molecule has 2 aromatic carbocycles. The Morgan fingerprint density at radius 1 is 1.00 bits per heavy atom. The molecule has 3 aromatic rings. The molecule has 172 valence electrons. The molecule has 33 heavy (non-hydrogen) atoms. The average molecular weight is 463 g/mol. The maximum absolute atomic E-state index is 9.02. The van der Waals surface area contributed by atoms with E-state index in [4.69, 9.17) is 10.00 Å². The van der Waals surface area contributed by atoms with E-state index in [1.54, 1.807) is 11.8 Å². The lowest BCUT2D eigenvalue weighted by atomic mass is 10.2. The van der Waals surface area contributed by atoms with Crippen LogP contribution >= 0.6 is 11.8 Å². The Hall–Kier alpha value is -2.86. The number of hydrogen-bond acceptors (Lipinski definition) is 7. The molecule has 1 saturated heterocycles. The van der Waals surface area contributed by atoms with E-state index in [9.17, 15) is 0 Å². The molecule has 0 spiro atoms. The van der Waals surface area contributed by atoms with Gasteiger partial charge in [0, 0.05) is 57.3 Å². The van der Waals surface area contributed by atoms with E-state index in [1.807, 2.05) is 38.4 Å². The summed E-state index contributed by atoms with van der Waals surface area (Å²) in [5.74, 6) is 1.69. The predicted octanol–water partition coefficient (Wildman–Crippen LogP) is 3.90. The number of anilines is 1. The number of nitriles is 1. The molecule has 0 saturated carbocycles. The van der Waals surface area contributed by atoms with E-state index in [0.717, 1.165) is 73.8 Å². The third-order valence-corrected chi connectivity index (χ3v) is 6.81. The molecule has 1 aliphatic rings. The van der Waals surface area contributed by atoms with E-state index < -0.39 is 0 Å². The van der Waals surface area contributed by atoms with Gasteiger partial charge >= 0.3 is 0 Å². The molecule has 1 fully saturated rings. The van der Waals surface area contributed by atoms with Gasteiger partial charge in [0.15, 0.2) is 11.0 Å². The van der Waals surface area contributed by atoms with Gasteiger partial charge < -0.3 is 14.2 Å². The fraction of sp³-hybridized carbons (Fsp3) is 0.400. The molecular formula is C25H30N6OS. The second kappa shape index (κ2) is 11.3. The largest absolute Gasteiger partial charge is 0.379 e. The van der Waals surface area contributed by atoms with Crippen LogP contribution in [0.1, 0.15) is 17.5 Å². The highest BCUT2D eigenvalue weighted by molar-refractivity contribution is 7.98. The van der Waals surface area contributed by atoms with Crippen molar-refractivity contribution in [2.45, 2.75) is 23.9 Å². The van der Waals surface area contributed by atoms with E-state index in [-0.39, 0.29) is 0 Å². The lowest BCUT2D eigenvalue weighted by molar-refractivity contribution is 0.0369. The summed E-state index contributed by atoms with van der Waals surface area (Å²) in [5.41, 5.74) is 4.08. The highest BCUT2D eigenvalue weighted by Crippen LogP contribution is 2.28. The number of ether oxygens (including phenoxy) is 1. The van der Waals surface area contributed by atoms with Gasteiger partial charge in [0.1, 0.15) is 0 Å². The van der Waals surface area contributed by atoms with Crippen LogP contribution < -0.4 is 4.90 Å².